The first-order valence-corrected chi connectivity index (χ1v) is 10.2. The van der Waals surface area contributed by atoms with E-state index in [2.05, 4.69) is 15.6 Å². The van der Waals surface area contributed by atoms with Crippen molar-refractivity contribution in [3.63, 3.8) is 0 Å². The average Bonchev–Trinajstić information content (AvgIpc) is 3.21. The van der Waals surface area contributed by atoms with Crippen molar-refractivity contribution in [1.82, 2.24) is 20.2 Å². The lowest BCUT2D eigenvalue weighted by Crippen LogP contribution is -2.50. The number of hydrogen-bond acceptors (Lipinski definition) is 4. The Labute approximate surface area is 182 Å². The third-order valence-corrected chi connectivity index (χ3v) is 5.12. The lowest BCUT2D eigenvalue weighted by Gasteiger charge is -2.26. The van der Waals surface area contributed by atoms with E-state index in [1.807, 2.05) is 62.0 Å². The standard InChI is InChI=1S/C24H28N4O3/c1-16(2)20(26-23(29)18-8-6-5-7-9-18)24(30)27-21(22-25-14-15-28(22)3)17-10-12-19(31-4)13-11-17/h5-16,20-21H,1-4H3,(H,26,29)(H,27,30)/t20-,21+/m0/s1. The Hall–Kier alpha value is -3.61. The summed E-state index contributed by atoms with van der Waals surface area (Å²) in [5.41, 5.74) is 1.37. The number of benzene rings is 2. The Morgan fingerprint density at radius 3 is 2.23 bits per heavy atom. The summed E-state index contributed by atoms with van der Waals surface area (Å²) in [6.45, 7) is 3.80. The highest BCUT2D eigenvalue weighted by Gasteiger charge is 2.29. The lowest BCUT2D eigenvalue weighted by atomic mass is 10.0. The van der Waals surface area contributed by atoms with Crippen LogP contribution in [0.15, 0.2) is 67.0 Å². The van der Waals surface area contributed by atoms with Crippen LogP contribution in [0.2, 0.25) is 0 Å². The second-order valence-electron chi connectivity index (χ2n) is 7.67. The van der Waals surface area contributed by atoms with Crippen LogP contribution in [0.4, 0.5) is 0 Å². The van der Waals surface area contributed by atoms with Crippen LogP contribution in [0.3, 0.4) is 0 Å². The number of carbonyl (C=O) groups excluding carboxylic acids is 2. The Kier molecular flexibility index (Phi) is 7.07. The number of rotatable bonds is 8. The molecule has 0 aliphatic rings. The molecule has 1 heterocycles. The maximum atomic E-state index is 13.3. The van der Waals surface area contributed by atoms with Crippen molar-refractivity contribution in [2.45, 2.75) is 25.9 Å². The van der Waals surface area contributed by atoms with Crippen molar-refractivity contribution in [2.75, 3.05) is 7.11 Å². The number of aryl methyl sites for hydroxylation is 1. The van der Waals surface area contributed by atoms with Crippen LogP contribution in [-0.2, 0) is 11.8 Å². The molecule has 0 fully saturated rings. The molecule has 0 spiro atoms. The number of imidazole rings is 1. The van der Waals surface area contributed by atoms with E-state index in [1.54, 1.807) is 37.6 Å². The second kappa shape index (κ2) is 9.93. The molecule has 3 aromatic rings. The van der Waals surface area contributed by atoms with Crippen LogP contribution >= 0.6 is 0 Å². The van der Waals surface area contributed by atoms with Gasteiger partial charge in [-0.2, -0.15) is 0 Å². The molecule has 162 valence electrons. The van der Waals surface area contributed by atoms with Crippen LogP contribution in [0, 0.1) is 5.92 Å². The summed E-state index contributed by atoms with van der Waals surface area (Å²) in [5, 5.41) is 5.94. The van der Waals surface area contributed by atoms with Crippen molar-refractivity contribution in [2.24, 2.45) is 13.0 Å². The van der Waals surface area contributed by atoms with E-state index in [9.17, 15) is 9.59 Å². The molecule has 2 aromatic carbocycles. The molecule has 7 heteroatoms. The molecule has 0 bridgehead atoms. The summed E-state index contributed by atoms with van der Waals surface area (Å²) in [6.07, 6.45) is 3.52. The molecular formula is C24H28N4O3. The van der Waals surface area contributed by atoms with E-state index in [4.69, 9.17) is 4.74 Å². The summed E-state index contributed by atoms with van der Waals surface area (Å²) < 4.78 is 7.11. The highest BCUT2D eigenvalue weighted by Crippen LogP contribution is 2.23. The largest absolute Gasteiger partial charge is 0.497 e. The summed E-state index contributed by atoms with van der Waals surface area (Å²) in [6, 6.07) is 15.2. The fourth-order valence-corrected chi connectivity index (χ4v) is 3.33. The zero-order valence-corrected chi connectivity index (χ0v) is 18.2. The van der Waals surface area contributed by atoms with Gasteiger partial charge in [0.2, 0.25) is 5.91 Å². The molecule has 2 amide bonds. The van der Waals surface area contributed by atoms with Gasteiger partial charge >= 0.3 is 0 Å². The van der Waals surface area contributed by atoms with Gasteiger partial charge < -0.3 is 19.9 Å². The fourth-order valence-electron chi connectivity index (χ4n) is 3.33. The molecule has 3 rings (SSSR count). The summed E-state index contributed by atoms with van der Waals surface area (Å²) in [4.78, 5) is 30.4. The Balaban J connectivity index is 1.85. The number of amides is 2. The molecule has 0 unspecified atom stereocenters. The van der Waals surface area contributed by atoms with Crippen molar-refractivity contribution >= 4 is 11.8 Å². The van der Waals surface area contributed by atoms with Gasteiger partial charge in [-0.1, -0.05) is 44.2 Å². The number of ether oxygens (including phenoxy) is 1. The molecule has 2 atom stereocenters. The molecule has 0 aliphatic carbocycles. The zero-order chi connectivity index (χ0) is 22.4. The topological polar surface area (TPSA) is 85.2 Å². The van der Waals surface area contributed by atoms with E-state index < -0.39 is 12.1 Å². The van der Waals surface area contributed by atoms with Crippen LogP contribution in [0.1, 0.15) is 41.6 Å². The molecule has 0 radical (unpaired) electrons. The minimum Gasteiger partial charge on any atom is -0.497 e. The summed E-state index contributed by atoms with van der Waals surface area (Å²) in [7, 11) is 3.48. The third-order valence-electron chi connectivity index (χ3n) is 5.12. The zero-order valence-electron chi connectivity index (χ0n) is 18.2. The van der Waals surface area contributed by atoms with Crippen LogP contribution in [0.25, 0.3) is 0 Å². The average molecular weight is 421 g/mol. The van der Waals surface area contributed by atoms with Crippen molar-refractivity contribution in [3.8, 4) is 5.75 Å². The van der Waals surface area contributed by atoms with Gasteiger partial charge in [0.1, 0.15) is 23.7 Å². The van der Waals surface area contributed by atoms with Gasteiger partial charge in [0.15, 0.2) is 0 Å². The molecule has 31 heavy (non-hydrogen) atoms. The number of methoxy groups -OCH3 is 1. The number of carbonyl (C=O) groups is 2. The number of hydrogen-bond donors (Lipinski definition) is 2. The Bertz CT molecular complexity index is 1010. The molecule has 1 aromatic heterocycles. The summed E-state index contributed by atoms with van der Waals surface area (Å²) in [5.74, 6) is 0.750. The van der Waals surface area contributed by atoms with Crippen molar-refractivity contribution in [1.29, 1.82) is 0 Å². The van der Waals surface area contributed by atoms with E-state index in [0.717, 1.165) is 11.3 Å². The predicted molar refractivity (Wildman–Crippen MR) is 119 cm³/mol. The van der Waals surface area contributed by atoms with Gasteiger partial charge in [0.05, 0.1) is 7.11 Å². The lowest BCUT2D eigenvalue weighted by molar-refractivity contribution is -0.124. The number of nitrogens with zero attached hydrogens (tertiary/aromatic N) is 2. The van der Waals surface area contributed by atoms with Crippen LogP contribution in [0.5, 0.6) is 5.75 Å². The molecule has 0 saturated carbocycles. The van der Waals surface area contributed by atoms with Crippen LogP contribution in [-0.4, -0.2) is 34.5 Å². The first-order chi connectivity index (χ1) is 14.9. The predicted octanol–water partition coefficient (Wildman–Crippen LogP) is 3.09. The monoisotopic (exact) mass is 420 g/mol. The van der Waals surface area contributed by atoms with E-state index >= 15 is 0 Å². The van der Waals surface area contributed by atoms with Crippen LogP contribution < -0.4 is 15.4 Å². The fraction of sp³-hybridized carbons (Fsp3) is 0.292. The van der Waals surface area contributed by atoms with Gasteiger partial charge in [-0.3, -0.25) is 9.59 Å². The quantitative estimate of drug-likeness (QED) is 0.586. The minimum atomic E-state index is -0.700. The Morgan fingerprint density at radius 1 is 1.00 bits per heavy atom. The van der Waals surface area contributed by atoms with Crippen molar-refractivity contribution in [3.05, 3.63) is 83.9 Å². The molecule has 0 aliphatic heterocycles. The first kappa shape index (κ1) is 22.1. The molecule has 2 N–H and O–H groups in total. The highest BCUT2D eigenvalue weighted by atomic mass is 16.5. The number of nitrogens with one attached hydrogen (secondary N) is 2. The Morgan fingerprint density at radius 2 is 1.68 bits per heavy atom. The van der Waals surface area contributed by atoms with Gasteiger partial charge in [-0.05, 0) is 35.7 Å². The van der Waals surface area contributed by atoms with Gasteiger partial charge in [0, 0.05) is 25.0 Å². The van der Waals surface area contributed by atoms with Gasteiger partial charge in [-0.15, -0.1) is 0 Å². The van der Waals surface area contributed by atoms with E-state index in [1.165, 1.54) is 0 Å². The van der Waals surface area contributed by atoms with E-state index in [0.29, 0.717) is 11.4 Å². The summed E-state index contributed by atoms with van der Waals surface area (Å²) >= 11 is 0. The smallest absolute Gasteiger partial charge is 0.251 e. The van der Waals surface area contributed by atoms with Gasteiger partial charge in [-0.25, -0.2) is 4.98 Å². The van der Waals surface area contributed by atoms with Crippen molar-refractivity contribution < 1.29 is 14.3 Å². The first-order valence-electron chi connectivity index (χ1n) is 10.2. The minimum absolute atomic E-state index is 0.106. The van der Waals surface area contributed by atoms with E-state index in [-0.39, 0.29) is 17.7 Å². The third kappa shape index (κ3) is 5.31. The second-order valence-corrected chi connectivity index (χ2v) is 7.67. The molecule has 0 saturated heterocycles. The SMILES string of the molecule is COc1ccc([C@@H](NC(=O)[C@@H](NC(=O)c2ccccc2)C(C)C)c2nccn2C)cc1. The van der Waals surface area contributed by atoms with Gasteiger partial charge in [0.25, 0.3) is 5.91 Å². The molecular weight excluding hydrogens is 392 g/mol. The maximum Gasteiger partial charge on any atom is 0.251 e. The maximum absolute atomic E-state index is 13.3. The highest BCUT2D eigenvalue weighted by molar-refractivity contribution is 5.97. The number of aromatic nitrogens is 2. The normalized spacial score (nSPS) is 12.8. The molecule has 7 nitrogen and oxygen atoms in total.